The van der Waals surface area contributed by atoms with Gasteiger partial charge in [-0.1, -0.05) is 39.3 Å². The van der Waals surface area contributed by atoms with Crippen molar-refractivity contribution < 1.29 is 198 Å². The summed E-state index contributed by atoms with van der Waals surface area (Å²) in [5, 5.41) is 0. The third-order valence-corrected chi connectivity index (χ3v) is 10.9. The van der Waals surface area contributed by atoms with Crippen LogP contribution in [0.15, 0.2) is 65.2 Å². The van der Waals surface area contributed by atoms with Gasteiger partial charge in [-0.25, -0.2) is 29.8 Å². The maximum Gasteiger partial charge on any atom is 1.00 e. The van der Waals surface area contributed by atoms with Crippen LogP contribution in [0, 0.1) is 6.07 Å². The average Bonchev–Trinajstić information content (AvgIpc) is 3.26. The molecule has 0 atom stereocenters. The normalized spacial score (nSPS) is 17.5. The van der Waals surface area contributed by atoms with E-state index in [4.69, 9.17) is 0 Å². The van der Waals surface area contributed by atoms with Crippen molar-refractivity contribution in [2.24, 2.45) is 0 Å². The van der Waals surface area contributed by atoms with E-state index >= 15 is 0 Å². The molecule has 17 heteroatoms. The van der Waals surface area contributed by atoms with Crippen molar-refractivity contribution in [1.29, 1.82) is 0 Å². The zero-order valence-corrected chi connectivity index (χ0v) is 40.5. The van der Waals surface area contributed by atoms with Crippen LogP contribution in [0.1, 0.15) is 64.5 Å². The summed E-state index contributed by atoms with van der Waals surface area (Å²) < 4.78 is 104. The Kier molecular flexibility index (Phi) is 19.1. The van der Waals surface area contributed by atoms with Crippen molar-refractivity contribution in [3.8, 4) is 0 Å². The van der Waals surface area contributed by atoms with Crippen molar-refractivity contribution in [3.05, 3.63) is 77.5 Å². The topological polar surface area (TPSA) is 178 Å². The molecule has 48 heavy (non-hydrogen) atoms. The van der Waals surface area contributed by atoms with Crippen LogP contribution in [0.25, 0.3) is 0 Å². The van der Waals surface area contributed by atoms with Gasteiger partial charge in [-0.15, -0.1) is 6.07 Å². The van der Waals surface area contributed by atoms with Crippen LogP contribution in [0.2, 0.25) is 0 Å². The molecular weight excluding hydrogens is 758 g/mol. The first-order valence-electron chi connectivity index (χ1n) is 14.5. The maximum absolute atomic E-state index is 11.8. The van der Waals surface area contributed by atoms with E-state index < -0.39 is 52.7 Å². The van der Waals surface area contributed by atoms with Gasteiger partial charge in [0.05, 0.1) is 25.1 Å². The number of benzene rings is 2. The summed E-state index contributed by atoms with van der Waals surface area (Å²) in [4.78, 5) is 1.61. The second-order valence-electron chi connectivity index (χ2n) is 12.4. The van der Waals surface area contributed by atoms with E-state index in [2.05, 4.69) is 24.5 Å². The summed E-state index contributed by atoms with van der Waals surface area (Å²) in [6.07, 6.45) is 6.98. The first kappa shape index (κ1) is 48.0. The summed E-state index contributed by atoms with van der Waals surface area (Å²) >= 11 is 0. The molecule has 0 spiro atoms. The van der Waals surface area contributed by atoms with E-state index in [9.17, 15) is 38.9 Å². The third-order valence-electron chi connectivity index (χ3n) is 8.45. The molecule has 2 aromatic carbocycles. The Labute approximate surface area is 413 Å². The molecule has 0 N–H and O–H groups in total. The van der Waals surface area contributed by atoms with Gasteiger partial charge in [-0.2, -0.15) is 18.2 Å². The van der Waals surface area contributed by atoms with E-state index in [1.165, 1.54) is 12.1 Å². The zero-order valence-electron chi connectivity index (χ0n) is 28.6. The average molecular weight is 795 g/mol. The second-order valence-corrected chi connectivity index (χ2v) is 16.8. The summed E-state index contributed by atoms with van der Waals surface area (Å²) in [7, 11) is -13.4. The molecule has 0 fully saturated rings. The summed E-state index contributed by atoms with van der Waals surface area (Å²) in [5.74, 6) is -0.927. The maximum atomic E-state index is 11.8. The minimum absolute atomic E-state index is 0. The molecule has 2 heterocycles. The van der Waals surface area contributed by atoms with Crippen LogP contribution in [0.4, 0.5) is 11.4 Å². The first-order chi connectivity index (χ1) is 20.7. The molecule has 0 radical (unpaired) electrons. The minimum Gasteiger partial charge on any atom is -0.748 e. The van der Waals surface area contributed by atoms with Crippen molar-refractivity contribution in [2.75, 3.05) is 29.5 Å². The van der Waals surface area contributed by atoms with Crippen LogP contribution < -0.4 is 159 Å². The number of hydrogen-bond donors (Lipinski definition) is 0. The number of anilines is 1. The number of allylic oxidation sites excluding steroid dienone is 4. The number of hydrogen-bond acceptors (Lipinski definition) is 10. The molecular formula is C31H37K3N2O9S3. The van der Waals surface area contributed by atoms with E-state index in [0.29, 0.717) is 37.2 Å². The smallest absolute Gasteiger partial charge is 0.748 e. The van der Waals surface area contributed by atoms with E-state index in [-0.39, 0.29) is 172 Å². The fraction of sp³-hybridized carbons (Fsp3) is 0.452. The molecule has 0 saturated heterocycles. The summed E-state index contributed by atoms with van der Waals surface area (Å²) in [6.45, 7) is 8.81. The van der Waals surface area contributed by atoms with Crippen molar-refractivity contribution in [2.45, 2.75) is 69.1 Å². The molecule has 0 amide bonds. The van der Waals surface area contributed by atoms with Crippen LogP contribution >= 0.6 is 0 Å². The molecule has 0 unspecified atom stereocenters. The van der Waals surface area contributed by atoms with E-state index in [1.807, 2.05) is 55.2 Å². The Balaban J connectivity index is 0.00000384. The van der Waals surface area contributed by atoms with Gasteiger partial charge >= 0.3 is 154 Å². The third kappa shape index (κ3) is 12.0. The number of rotatable bonds is 13. The standard InChI is InChI=1S/C31H40N2O9S3.3K/c1-30(2)24-12-5-6-13-26(24)32(18-7-9-20-43(34,35)36)28(30)14-11-15-29-31(3,4)25-22-23(45(40,41)42)16-17-27(25)33(29)19-8-10-21-44(37,38)39;;;/h6,11-17,22H,7-10,18-21H2,1-4H3,(H,34,35,36)(H,37,38,39)(H,40,41,42);;;/q;3*+1/p-3. The molecule has 2 aliphatic rings. The SMILES string of the molecule is CC1(C)C(=CC=CC2=[N+](CCCCS(=O)(=O)[O-])c3cc[c-]cc3C2(C)C)N(CCCCS(=O)(=O)[O-])c2ccc(S(=O)(=O)[O-])cc21.[K+].[K+].[K+]. The molecule has 0 bridgehead atoms. The minimum atomic E-state index is -4.70. The van der Waals surface area contributed by atoms with Gasteiger partial charge in [-0.3, -0.25) is 0 Å². The number of fused-ring (bicyclic) bond motifs is 2. The van der Waals surface area contributed by atoms with Gasteiger partial charge in [0.1, 0.15) is 22.4 Å². The number of unbranched alkanes of at least 4 members (excludes halogenated alkanes) is 2. The van der Waals surface area contributed by atoms with Crippen LogP contribution in [-0.4, -0.2) is 73.8 Å². The molecule has 2 aliphatic heterocycles. The Morgan fingerprint density at radius 3 is 2.00 bits per heavy atom. The molecule has 0 saturated carbocycles. The van der Waals surface area contributed by atoms with E-state index in [1.54, 1.807) is 6.07 Å². The predicted molar refractivity (Wildman–Crippen MR) is 168 cm³/mol. The van der Waals surface area contributed by atoms with Crippen LogP contribution in [-0.2, 0) is 41.2 Å². The first-order valence-corrected chi connectivity index (χ1v) is 19.1. The van der Waals surface area contributed by atoms with Crippen LogP contribution in [0.5, 0.6) is 0 Å². The Morgan fingerprint density at radius 1 is 0.812 bits per heavy atom. The molecule has 11 nitrogen and oxygen atoms in total. The fourth-order valence-corrected chi connectivity index (χ4v) is 7.79. The van der Waals surface area contributed by atoms with E-state index in [0.717, 1.165) is 22.7 Å². The molecule has 4 rings (SSSR count). The van der Waals surface area contributed by atoms with Crippen molar-refractivity contribution in [1.82, 2.24) is 0 Å². The van der Waals surface area contributed by atoms with Gasteiger partial charge in [-0.05, 0) is 49.1 Å². The van der Waals surface area contributed by atoms with Gasteiger partial charge in [0, 0.05) is 52.8 Å². The molecule has 0 aromatic heterocycles. The Hall–Kier alpha value is 2.03. The van der Waals surface area contributed by atoms with Crippen LogP contribution in [0.3, 0.4) is 0 Å². The summed E-state index contributed by atoms with van der Waals surface area (Å²) in [6, 6.07) is 13.0. The Bertz CT molecular complexity index is 1910. The molecule has 2 aromatic rings. The van der Waals surface area contributed by atoms with Gasteiger partial charge < -0.3 is 18.6 Å². The zero-order chi connectivity index (χ0) is 33.4. The number of nitrogens with zero attached hydrogens (tertiary/aromatic N) is 2. The van der Waals surface area contributed by atoms with Gasteiger partial charge in [0.25, 0.3) is 0 Å². The molecule has 246 valence electrons. The Morgan fingerprint density at radius 2 is 1.42 bits per heavy atom. The summed E-state index contributed by atoms with van der Waals surface area (Å²) in [5.41, 5.74) is 3.89. The van der Waals surface area contributed by atoms with Crippen molar-refractivity contribution >= 4 is 47.4 Å². The monoisotopic (exact) mass is 794 g/mol. The van der Waals surface area contributed by atoms with Gasteiger partial charge in [0.2, 0.25) is 0 Å². The second kappa shape index (κ2) is 19.1. The fourth-order valence-electron chi connectivity index (χ4n) is 6.18. The van der Waals surface area contributed by atoms with Crippen molar-refractivity contribution in [3.63, 3.8) is 0 Å². The largest absolute Gasteiger partial charge is 1.00 e. The predicted octanol–water partition coefficient (Wildman–Crippen LogP) is -5.33. The molecule has 0 aliphatic carbocycles. The quantitative estimate of drug-likeness (QED) is 0.0626. The van der Waals surface area contributed by atoms with Gasteiger partial charge in [0.15, 0.2) is 5.71 Å².